The van der Waals surface area contributed by atoms with Gasteiger partial charge in [0.1, 0.15) is 0 Å². The smallest absolute Gasteiger partial charge is 0.261 e. The standard InChI is InChI=1S/C18H28N6OS/c1-5-19-18(22-12-15-13(2)23-24(4)14(15)3)21-10-7-9-20-17(25)16-8-6-11-26-16/h6,8,11H,5,7,9-10,12H2,1-4H3,(H,20,25)(H2,19,21,22). The van der Waals surface area contributed by atoms with E-state index in [1.54, 1.807) is 0 Å². The third-order valence-electron chi connectivity index (χ3n) is 4.07. The van der Waals surface area contributed by atoms with Crippen LogP contribution in [0.25, 0.3) is 0 Å². The zero-order valence-corrected chi connectivity index (χ0v) is 16.7. The first kappa shape index (κ1) is 20.0. The zero-order valence-electron chi connectivity index (χ0n) is 15.9. The van der Waals surface area contributed by atoms with Crippen molar-refractivity contribution >= 4 is 23.2 Å². The van der Waals surface area contributed by atoms with Gasteiger partial charge in [0.05, 0.1) is 17.1 Å². The number of aliphatic imine (C=N–C) groups is 1. The van der Waals surface area contributed by atoms with Crippen LogP contribution in [-0.2, 0) is 13.6 Å². The molecule has 0 aliphatic rings. The molecule has 0 aromatic carbocycles. The van der Waals surface area contributed by atoms with Gasteiger partial charge in [0.2, 0.25) is 0 Å². The summed E-state index contributed by atoms with van der Waals surface area (Å²) in [7, 11) is 1.95. The third-order valence-corrected chi connectivity index (χ3v) is 4.94. The minimum atomic E-state index is -0.0110. The van der Waals surface area contributed by atoms with Gasteiger partial charge in [-0.25, -0.2) is 4.99 Å². The van der Waals surface area contributed by atoms with Crippen molar-refractivity contribution < 1.29 is 4.79 Å². The van der Waals surface area contributed by atoms with Gasteiger partial charge in [-0.1, -0.05) is 6.07 Å². The monoisotopic (exact) mass is 376 g/mol. The van der Waals surface area contributed by atoms with E-state index in [9.17, 15) is 4.79 Å². The van der Waals surface area contributed by atoms with E-state index in [1.807, 2.05) is 43.1 Å². The van der Waals surface area contributed by atoms with Crippen LogP contribution in [0.3, 0.4) is 0 Å². The minimum Gasteiger partial charge on any atom is -0.357 e. The summed E-state index contributed by atoms with van der Waals surface area (Å²) < 4.78 is 1.89. The summed E-state index contributed by atoms with van der Waals surface area (Å²) in [6.45, 7) is 8.86. The largest absolute Gasteiger partial charge is 0.357 e. The maximum atomic E-state index is 11.9. The molecule has 0 saturated carbocycles. The summed E-state index contributed by atoms with van der Waals surface area (Å²) in [6, 6.07) is 3.71. The second kappa shape index (κ2) is 9.96. The predicted molar refractivity (Wildman–Crippen MR) is 107 cm³/mol. The maximum absolute atomic E-state index is 11.9. The molecule has 0 fully saturated rings. The molecule has 2 aromatic heterocycles. The lowest BCUT2D eigenvalue weighted by molar-refractivity contribution is 0.0957. The highest BCUT2D eigenvalue weighted by Crippen LogP contribution is 2.12. The Balaban J connectivity index is 1.77. The molecule has 26 heavy (non-hydrogen) atoms. The van der Waals surface area contributed by atoms with Crippen molar-refractivity contribution in [3.8, 4) is 0 Å². The number of amides is 1. The number of guanidine groups is 1. The number of hydrogen-bond donors (Lipinski definition) is 3. The SMILES string of the molecule is CCNC(=NCc1c(C)nn(C)c1C)NCCCNC(=O)c1cccs1. The van der Waals surface area contributed by atoms with Crippen molar-refractivity contribution in [1.82, 2.24) is 25.7 Å². The van der Waals surface area contributed by atoms with Gasteiger partial charge in [0, 0.05) is 37.9 Å². The van der Waals surface area contributed by atoms with Crippen molar-refractivity contribution in [1.29, 1.82) is 0 Å². The topological polar surface area (TPSA) is 83.3 Å². The van der Waals surface area contributed by atoms with E-state index >= 15 is 0 Å². The number of carbonyl (C=O) groups excluding carboxylic acids is 1. The molecule has 0 saturated heterocycles. The van der Waals surface area contributed by atoms with Crippen LogP contribution in [0.15, 0.2) is 22.5 Å². The molecule has 1 amide bonds. The fourth-order valence-corrected chi connectivity index (χ4v) is 3.18. The number of aryl methyl sites for hydroxylation is 2. The Morgan fingerprint density at radius 2 is 2.04 bits per heavy atom. The highest BCUT2D eigenvalue weighted by Gasteiger charge is 2.09. The molecule has 2 rings (SSSR count). The molecule has 3 N–H and O–H groups in total. The highest BCUT2D eigenvalue weighted by atomic mass is 32.1. The van der Waals surface area contributed by atoms with Gasteiger partial charge in [-0.15, -0.1) is 11.3 Å². The van der Waals surface area contributed by atoms with Crippen molar-refractivity contribution in [3.63, 3.8) is 0 Å². The van der Waals surface area contributed by atoms with Crippen molar-refractivity contribution in [3.05, 3.63) is 39.3 Å². The Labute approximate surface area is 158 Å². The second-order valence-electron chi connectivity index (χ2n) is 5.98. The van der Waals surface area contributed by atoms with Crippen LogP contribution >= 0.6 is 11.3 Å². The van der Waals surface area contributed by atoms with Crippen LogP contribution in [0, 0.1) is 13.8 Å². The fraction of sp³-hybridized carbons (Fsp3) is 0.500. The Hall–Kier alpha value is -2.35. The number of hydrogen-bond acceptors (Lipinski definition) is 4. The third kappa shape index (κ3) is 5.59. The second-order valence-corrected chi connectivity index (χ2v) is 6.93. The molecule has 2 aromatic rings. The van der Waals surface area contributed by atoms with Gasteiger partial charge in [-0.3, -0.25) is 9.48 Å². The molecule has 0 aliphatic heterocycles. The number of carbonyl (C=O) groups is 1. The van der Waals surface area contributed by atoms with Gasteiger partial charge >= 0.3 is 0 Å². The first-order valence-electron chi connectivity index (χ1n) is 8.85. The number of nitrogens with zero attached hydrogens (tertiary/aromatic N) is 3. The average Bonchev–Trinajstić information content (AvgIpc) is 3.22. The van der Waals surface area contributed by atoms with Gasteiger partial charge in [-0.05, 0) is 38.6 Å². The van der Waals surface area contributed by atoms with Crippen LogP contribution < -0.4 is 16.0 Å². The molecule has 0 atom stereocenters. The van der Waals surface area contributed by atoms with Gasteiger partial charge in [0.15, 0.2) is 5.96 Å². The number of thiophene rings is 1. The summed E-state index contributed by atoms with van der Waals surface area (Å²) >= 11 is 1.45. The highest BCUT2D eigenvalue weighted by molar-refractivity contribution is 7.12. The molecular formula is C18H28N6OS. The lowest BCUT2D eigenvalue weighted by atomic mass is 10.2. The molecule has 0 aliphatic carbocycles. The quantitative estimate of drug-likeness (QED) is 0.374. The van der Waals surface area contributed by atoms with Crippen LogP contribution in [0.1, 0.15) is 40.0 Å². The summed E-state index contributed by atoms with van der Waals surface area (Å²) in [4.78, 5) is 17.3. The molecule has 0 bridgehead atoms. The number of aromatic nitrogens is 2. The average molecular weight is 377 g/mol. The lowest BCUT2D eigenvalue weighted by Gasteiger charge is -2.11. The molecular weight excluding hydrogens is 348 g/mol. The Morgan fingerprint density at radius 1 is 1.27 bits per heavy atom. The molecule has 0 spiro atoms. The van der Waals surface area contributed by atoms with Crippen LogP contribution in [-0.4, -0.2) is 41.3 Å². The van der Waals surface area contributed by atoms with E-state index in [0.717, 1.165) is 47.3 Å². The molecule has 0 radical (unpaired) electrons. The predicted octanol–water partition coefficient (Wildman–Crippen LogP) is 1.97. The number of rotatable bonds is 8. The first-order valence-corrected chi connectivity index (χ1v) is 9.73. The van der Waals surface area contributed by atoms with Crippen LogP contribution in [0.4, 0.5) is 0 Å². The Morgan fingerprint density at radius 3 is 2.65 bits per heavy atom. The van der Waals surface area contributed by atoms with E-state index in [0.29, 0.717) is 13.1 Å². The first-order chi connectivity index (χ1) is 12.5. The fourth-order valence-electron chi connectivity index (χ4n) is 2.54. The lowest BCUT2D eigenvalue weighted by Crippen LogP contribution is -2.38. The molecule has 8 heteroatoms. The summed E-state index contributed by atoms with van der Waals surface area (Å²) in [6.07, 6.45) is 0.826. The van der Waals surface area contributed by atoms with E-state index in [1.165, 1.54) is 11.3 Å². The number of nitrogens with one attached hydrogen (secondary N) is 3. The molecule has 7 nitrogen and oxygen atoms in total. The zero-order chi connectivity index (χ0) is 18.9. The van der Waals surface area contributed by atoms with Crippen LogP contribution in [0.2, 0.25) is 0 Å². The molecule has 142 valence electrons. The Kier molecular flexibility index (Phi) is 7.65. The summed E-state index contributed by atoms with van der Waals surface area (Å²) in [5.41, 5.74) is 3.31. The van der Waals surface area contributed by atoms with E-state index in [2.05, 4.69) is 33.0 Å². The van der Waals surface area contributed by atoms with E-state index in [4.69, 9.17) is 0 Å². The summed E-state index contributed by atoms with van der Waals surface area (Å²) in [5, 5.41) is 15.8. The van der Waals surface area contributed by atoms with E-state index < -0.39 is 0 Å². The minimum absolute atomic E-state index is 0.0110. The Bertz CT molecular complexity index is 735. The van der Waals surface area contributed by atoms with Gasteiger partial charge < -0.3 is 16.0 Å². The van der Waals surface area contributed by atoms with Crippen molar-refractivity contribution in [2.75, 3.05) is 19.6 Å². The van der Waals surface area contributed by atoms with E-state index in [-0.39, 0.29) is 5.91 Å². The maximum Gasteiger partial charge on any atom is 0.261 e. The van der Waals surface area contributed by atoms with Gasteiger partial charge in [-0.2, -0.15) is 5.10 Å². The normalized spacial score (nSPS) is 11.5. The van der Waals surface area contributed by atoms with Crippen molar-refractivity contribution in [2.45, 2.75) is 33.7 Å². The summed E-state index contributed by atoms with van der Waals surface area (Å²) in [5.74, 6) is 0.767. The molecule has 0 unspecified atom stereocenters. The van der Waals surface area contributed by atoms with Crippen LogP contribution in [0.5, 0.6) is 0 Å². The van der Waals surface area contributed by atoms with Gasteiger partial charge in [0.25, 0.3) is 5.91 Å². The van der Waals surface area contributed by atoms with Crippen molar-refractivity contribution in [2.24, 2.45) is 12.0 Å². The molecule has 2 heterocycles.